The topological polar surface area (TPSA) is 60.5 Å². The van der Waals surface area contributed by atoms with E-state index >= 15 is 0 Å². The van der Waals surface area contributed by atoms with E-state index in [0.29, 0.717) is 11.4 Å². The number of aromatic nitrogens is 1. The van der Waals surface area contributed by atoms with Crippen molar-refractivity contribution in [2.24, 2.45) is 0 Å². The van der Waals surface area contributed by atoms with E-state index in [-0.39, 0.29) is 6.61 Å². The molecule has 0 saturated carbocycles. The van der Waals surface area contributed by atoms with Crippen molar-refractivity contribution in [1.29, 1.82) is 0 Å². The molecule has 1 heterocycles. The van der Waals surface area contributed by atoms with Crippen LogP contribution in [0.4, 0.5) is 10.5 Å². The van der Waals surface area contributed by atoms with Crippen molar-refractivity contribution in [2.45, 2.75) is 6.61 Å². The van der Waals surface area contributed by atoms with Gasteiger partial charge in [0.2, 0.25) is 0 Å². The number of ether oxygens (including phenoxy) is 2. The predicted octanol–water partition coefficient (Wildman–Crippen LogP) is 4.51. The lowest BCUT2D eigenvalue weighted by molar-refractivity contribution is 0.155. The van der Waals surface area contributed by atoms with Crippen LogP contribution in [0.2, 0.25) is 0 Å². The average molecular weight is 334 g/mol. The molecule has 0 aliphatic carbocycles. The number of rotatable bonds is 5. The summed E-state index contributed by atoms with van der Waals surface area (Å²) in [6.07, 6.45) is 1.17. The molecule has 5 heteroatoms. The second kappa shape index (κ2) is 7.97. The molecule has 25 heavy (non-hydrogen) atoms. The minimum atomic E-state index is -0.533. The summed E-state index contributed by atoms with van der Waals surface area (Å²) in [4.78, 5) is 16.5. The van der Waals surface area contributed by atoms with Gasteiger partial charge in [0.1, 0.15) is 12.4 Å². The first-order valence-corrected chi connectivity index (χ1v) is 7.83. The van der Waals surface area contributed by atoms with Crippen molar-refractivity contribution in [3.8, 4) is 17.0 Å². The Morgan fingerprint density at radius 1 is 1.04 bits per heavy atom. The second-order valence-corrected chi connectivity index (χ2v) is 5.31. The summed E-state index contributed by atoms with van der Waals surface area (Å²) in [5.74, 6) is 0.637. The van der Waals surface area contributed by atoms with Gasteiger partial charge in [-0.1, -0.05) is 36.4 Å². The van der Waals surface area contributed by atoms with Gasteiger partial charge >= 0.3 is 6.09 Å². The first-order valence-electron chi connectivity index (χ1n) is 7.83. The van der Waals surface area contributed by atoms with Crippen molar-refractivity contribution in [3.05, 3.63) is 78.5 Å². The summed E-state index contributed by atoms with van der Waals surface area (Å²) in [5, 5.41) is 2.77. The quantitative estimate of drug-likeness (QED) is 0.746. The molecule has 0 spiro atoms. The monoisotopic (exact) mass is 334 g/mol. The number of hydrogen-bond donors (Lipinski definition) is 1. The minimum Gasteiger partial charge on any atom is -0.497 e. The van der Waals surface area contributed by atoms with Gasteiger partial charge < -0.3 is 9.47 Å². The lowest BCUT2D eigenvalue weighted by atomic mass is 10.1. The van der Waals surface area contributed by atoms with Gasteiger partial charge in [0, 0.05) is 17.8 Å². The SMILES string of the molecule is COc1ccc(-c2ccccn2)c(NC(=O)OCc2ccccc2)c1. The van der Waals surface area contributed by atoms with Crippen LogP contribution < -0.4 is 10.1 Å². The number of benzene rings is 2. The first-order chi connectivity index (χ1) is 12.3. The van der Waals surface area contributed by atoms with Crippen molar-refractivity contribution in [3.63, 3.8) is 0 Å². The maximum Gasteiger partial charge on any atom is 0.411 e. The summed E-state index contributed by atoms with van der Waals surface area (Å²) in [6.45, 7) is 0.204. The standard InChI is InChI=1S/C20H18N2O3/c1-24-16-10-11-17(18-9-5-6-12-21-18)19(13-16)22-20(23)25-14-15-7-3-2-4-8-15/h2-13H,14H2,1H3,(H,22,23). The second-order valence-electron chi connectivity index (χ2n) is 5.31. The molecule has 0 fully saturated rings. The summed E-state index contributed by atoms with van der Waals surface area (Å²) in [6, 6.07) is 20.6. The smallest absolute Gasteiger partial charge is 0.411 e. The predicted molar refractivity (Wildman–Crippen MR) is 96.5 cm³/mol. The fourth-order valence-electron chi connectivity index (χ4n) is 2.37. The van der Waals surface area contributed by atoms with E-state index in [1.165, 1.54) is 0 Å². The Labute approximate surface area is 146 Å². The maximum absolute atomic E-state index is 12.2. The molecular weight excluding hydrogens is 316 g/mol. The number of methoxy groups -OCH3 is 1. The largest absolute Gasteiger partial charge is 0.497 e. The van der Waals surface area contributed by atoms with Crippen LogP contribution in [0.15, 0.2) is 72.9 Å². The van der Waals surface area contributed by atoms with E-state index in [2.05, 4.69) is 10.3 Å². The van der Waals surface area contributed by atoms with Crippen molar-refractivity contribution in [2.75, 3.05) is 12.4 Å². The van der Waals surface area contributed by atoms with Gasteiger partial charge in [0.15, 0.2) is 0 Å². The third kappa shape index (κ3) is 4.35. The van der Waals surface area contributed by atoms with Crippen LogP contribution in [0.3, 0.4) is 0 Å². The molecule has 0 aliphatic heterocycles. The molecule has 1 aromatic heterocycles. The number of carbonyl (C=O) groups is 1. The number of amides is 1. The van der Waals surface area contributed by atoms with Gasteiger partial charge in [-0.15, -0.1) is 0 Å². The zero-order chi connectivity index (χ0) is 17.5. The molecule has 126 valence electrons. The zero-order valence-electron chi connectivity index (χ0n) is 13.8. The molecule has 0 aliphatic rings. The Hall–Kier alpha value is -3.34. The van der Waals surface area contributed by atoms with Gasteiger partial charge in [-0.05, 0) is 29.8 Å². The summed E-state index contributed by atoms with van der Waals surface area (Å²) >= 11 is 0. The van der Waals surface area contributed by atoms with E-state index in [1.807, 2.05) is 60.7 Å². The Morgan fingerprint density at radius 3 is 2.56 bits per heavy atom. The molecule has 0 radical (unpaired) electrons. The molecule has 0 saturated heterocycles. The third-order valence-electron chi connectivity index (χ3n) is 3.62. The third-order valence-corrected chi connectivity index (χ3v) is 3.62. The van der Waals surface area contributed by atoms with E-state index in [1.54, 1.807) is 19.4 Å². The number of hydrogen-bond acceptors (Lipinski definition) is 4. The van der Waals surface area contributed by atoms with Gasteiger partial charge in [-0.25, -0.2) is 4.79 Å². The Morgan fingerprint density at radius 2 is 1.84 bits per heavy atom. The van der Waals surface area contributed by atoms with Crippen LogP contribution in [0.1, 0.15) is 5.56 Å². The van der Waals surface area contributed by atoms with E-state index in [9.17, 15) is 4.79 Å². The van der Waals surface area contributed by atoms with Crippen LogP contribution in [0, 0.1) is 0 Å². The van der Waals surface area contributed by atoms with Gasteiger partial charge in [0.05, 0.1) is 18.5 Å². The van der Waals surface area contributed by atoms with Crippen LogP contribution in [0.5, 0.6) is 5.75 Å². The molecular formula is C20H18N2O3. The molecule has 0 unspecified atom stereocenters. The van der Waals surface area contributed by atoms with Crippen LogP contribution in [-0.4, -0.2) is 18.2 Å². The van der Waals surface area contributed by atoms with Crippen LogP contribution in [0.25, 0.3) is 11.3 Å². The van der Waals surface area contributed by atoms with Gasteiger partial charge in [-0.3, -0.25) is 10.3 Å². The summed E-state index contributed by atoms with van der Waals surface area (Å²) < 4.78 is 10.5. The number of carbonyl (C=O) groups excluding carboxylic acids is 1. The Balaban J connectivity index is 1.77. The van der Waals surface area contributed by atoms with Crippen molar-refractivity contribution < 1.29 is 14.3 Å². The lowest BCUT2D eigenvalue weighted by Gasteiger charge is -2.13. The Kier molecular flexibility index (Phi) is 5.26. The fraction of sp³-hybridized carbons (Fsp3) is 0.100. The van der Waals surface area contributed by atoms with E-state index in [4.69, 9.17) is 9.47 Å². The highest BCUT2D eigenvalue weighted by Crippen LogP contribution is 2.30. The molecule has 0 atom stereocenters. The highest BCUT2D eigenvalue weighted by molar-refractivity contribution is 5.91. The summed E-state index contributed by atoms with van der Waals surface area (Å²) in [5.41, 5.74) is 3.05. The molecule has 1 amide bonds. The molecule has 2 aromatic carbocycles. The molecule has 5 nitrogen and oxygen atoms in total. The summed E-state index contributed by atoms with van der Waals surface area (Å²) in [7, 11) is 1.58. The number of anilines is 1. The molecule has 3 rings (SSSR count). The van der Waals surface area contributed by atoms with Crippen molar-refractivity contribution in [1.82, 2.24) is 4.98 Å². The normalized spacial score (nSPS) is 10.1. The minimum absolute atomic E-state index is 0.204. The van der Waals surface area contributed by atoms with E-state index in [0.717, 1.165) is 16.8 Å². The average Bonchev–Trinajstić information content (AvgIpc) is 2.68. The number of nitrogens with zero attached hydrogens (tertiary/aromatic N) is 1. The van der Waals surface area contributed by atoms with Crippen molar-refractivity contribution >= 4 is 11.8 Å². The lowest BCUT2D eigenvalue weighted by Crippen LogP contribution is -2.14. The maximum atomic E-state index is 12.2. The molecule has 0 bridgehead atoms. The van der Waals surface area contributed by atoms with Gasteiger partial charge in [0.25, 0.3) is 0 Å². The highest BCUT2D eigenvalue weighted by atomic mass is 16.5. The van der Waals surface area contributed by atoms with Gasteiger partial charge in [-0.2, -0.15) is 0 Å². The number of nitrogens with one attached hydrogen (secondary N) is 1. The zero-order valence-corrected chi connectivity index (χ0v) is 13.8. The van der Waals surface area contributed by atoms with Crippen LogP contribution in [-0.2, 0) is 11.3 Å². The fourth-order valence-corrected chi connectivity index (χ4v) is 2.37. The molecule has 1 N–H and O–H groups in total. The number of pyridine rings is 1. The molecule has 3 aromatic rings. The van der Waals surface area contributed by atoms with Crippen LogP contribution >= 0.6 is 0 Å². The Bertz CT molecular complexity index is 836. The van der Waals surface area contributed by atoms with E-state index < -0.39 is 6.09 Å². The highest BCUT2D eigenvalue weighted by Gasteiger charge is 2.12. The first kappa shape index (κ1) is 16.5.